The first-order chi connectivity index (χ1) is 14.1. The molecule has 0 radical (unpaired) electrons. The van der Waals surface area contributed by atoms with E-state index in [0.717, 1.165) is 36.8 Å². The molecule has 1 N–H and O–H groups in total. The number of aliphatic hydroxyl groups is 1. The Morgan fingerprint density at radius 1 is 0.867 bits per heavy atom. The van der Waals surface area contributed by atoms with Crippen molar-refractivity contribution in [1.82, 2.24) is 0 Å². The zero-order chi connectivity index (χ0) is 21.4. The third-order valence-corrected chi connectivity index (χ3v) is 10.8. The van der Waals surface area contributed by atoms with E-state index in [4.69, 9.17) is 0 Å². The SMILES string of the molecule is CC12C/C(=C\c3ccccc3)C(=O)C[C@]1(C)CCC1C2CCC2(C)C1CC[C@]2(C)O. The van der Waals surface area contributed by atoms with Crippen molar-refractivity contribution in [3.05, 3.63) is 41.5 Å². The van der Waals surface area contributed by atoms with E-state index in [-0.39, 0.29) is 16.2 Å². The quantitative estimate of drug-likeness (QED) is 0.545. The summed E-state index contributed by atoms with van der Waals surface area (Å²) in [7, 11) is 0. The van der Waals surface area contributed by atoms with Gasteiger partial charge in [0.05, 0.1) is 5.60 Å². The average molecular weight is 407 g/mol. The second-order valence-electron chi connectivity index (χ2n) is 12.0. The number of hydrogen-bond donors (Lipinski definition) is 1. The van der Waals surface area contributed by atoms with Crippen molar-refractivity contribution in [3.8, 4) is 0 Å². The van der Waals surface area contributed by atoms with E-state index in [2.05, 4.69) is 58.0 Å². The van der Waals surface area contributed by atoms with Gasteiger partial charge in [-0.05, 0) is 103 Å². The molecule has 0 bridgehead atoms. The third-order valence-electron chi connectivity index (χ3n) is 10.8. The number of Topliss-reactive ketones (excluding diaryl/α,β-unsaturated/α-hetero) is 1. The van der Waals surface area contributed by atoms with Crippen molar-refractivity contribution in [2.75, 3.05) is 0 Å². The monoisotopic (exact) mass is 406 g/mol. The van der Waals surface area contributed by atoms with Gasteiger partial charge in [-0.1, -0.05) is 51.1 Å². The molecule has 0 aromatic heterocycles. The van der Waals surface area contributed by atoms with Gasteiger partial charge in [-0.2, -0.15) is 0 Å². The predicted octanol–water partition coefficient (Wildman–Crippen LogP) is 6.43. The molecule has 4 saturated carbocycles. The molecule has 4 aliphatic carbocycles. The summed E-state index contributed by atoms with van der Waals surface area (Å²) in [4.78, 5) is 13.2. The molecule has 7 atom stereocenters. The Morgan fingerprint density at radius 3 is 2.27 bits per heavy atom. The van der Waals surface area contributed by atoms with Crippen LogP contribution < -0.4 is 0 Å². The molecule has 1 aromatic rings. The van der Waals surface area contributed by atoms with E-state index in [1.165, 1.54) is 19.3 Å². The van der Waals surface area contributed by atoms with Crippen LogP contribution in [0.1, 0.15) is 84.6 Å². The summed E-state index contributed by atoms with van der Waals surface area (Å²) in [6, 6.07) is 10.3. The minimum atomic E-state index is -0.523. The third kappa shape index (κ3) is 2.68. The van der Waals surface area contributed by atoms with Crippen LogP contribution in [0.2, 0.25) is 0 Å². The number of ketones is 1. The summed E-state index contributed by atoms with van der Waals surface area (Å²) in [6.45, 7) is 9.36. The molecule has 0 aliphatic heterocycles. The van der Waals surface area contributed by atoms with Gasteiger partial charge in [0, 0.05) is 6.42 Å². The van der Waals surface area contributed by atoms with E-state index in [1.807, 2.05) is 6.07 Å². The first-order valence-electron chi connectivity index (χ1n) is 12.1. The normalized spacial score (nSPS) is 49.4. The van der Waals surface area contributed by atoms with Crippen LogP contribution in [0.15, 0.2) is 35.9 Å². The average Bonchev–Trinajstić information content (AvgIpc) is 2.94. The van der Waals surface area contributed by atoms with Crippen molar-refractivity contribution in [1.29, 1.82) is 0 Å². The van der Waals surface area contributed by atoms with E-state index in [1.54, 1.807) is 0 Å². The van der Waals surface area contributed by atoms with Gasteiger partial charge in [-0.15, -0.1) is 0 Å². The molecule has 1 aromatic carbocycles. The number of hydrogen-bond acceptors (Lipinski definition) is 2. The highest BCUT2D eigenvalue weighted by Gasteiger charge is 2.65. The maximum absolute atomic E-state index is 13.2. The molecule has 4 fully saturated rings. The van der Waals surface area contributed by atoms with Gasteiger partial charge in [-0.3, -0.25) is 4.79 Å². The smallest absolute Gasteiger partial charge is 0.159 e. The maximum atomic E-state index is 13.2. The van der Waals surface area contributed by atoms with Crippen molar-refractivity contribution >= 4 is 11.9 Å². The number of carbonyl (C=O) groups is 1. The van der Waals surface area contributed by atoms with Gasteiger partial charge in [0.1, 0.15) is 0 Å². The summed E-state index contributed by atoms with van der Waals surface area (Å²) in [5.41, 5.74) is 1.99. The lowest BCUT2D eigenvalue weighted by atomic mass is 9.40. The van der Waals surface area contributed by atoms with E-state index in [0.29, 0.717) is 30.0 Å². The molecule has 0 saturated heterocycles. The Kier molecular flexibility index (Phi) is 4.47. The second-order valence-corrected chi connectivity index (χ2v) is 12.0. The van der Waals surface area contributed by atoms with Crippen LogP contribution in [0, 0.1) is 34.0 Å². The zero-order valence-corrected chi connectivity index (χ0v) is 19.2. The van der Waals surface area contributed by atoms with Gasteiger partial charge in [0.15, 0.2) is 5.78 Å². The van der Waals surface area contributed by atoms with Crippen molar-refractivity contribution in [2.45, 2.75) is 84.7 Å². The van der Waals surface area contributed by atoms with Crippen LogP contribution in [0.3, 0.4) is 0 Å². The molecule has 0 heterocycles. The second kappa shape index (κ2) is 6.55. The standard InChI is InChI=1S/C28H38O2/c1-25-13-10-21-22-12-15-28(4,30)26(22,2)14-11-23(21)27(25,3)17-20(24(29)18-25)16-19-8-6-5-7-9-19/h5-9,16,21-23,30H,10-15,17-18H2,1-4H3/b20-16+/t21?,22?,23?,25-,26?,27?,28-/m0/s1. The van der Waals surface area contributed by atoms with Crippen LogP contribution in [0.5, 0.6) is 0 Å². The lowest BCUT2D eigenvalue weighted by Gasteiger charge is -2.64. The van der Waals surface area contributed by atoms with Crippen LogP contribution >= 0.6 is 0 Å². The van der Waals surface area contributed by atoms with E-state index in [9.17, 15) is 9.90 Å². The Bertz CT molecular complexity index is 883. The van der Waals surface area contributed by atoms with Crippen molar-refractivity contribution in [3.63, 3.8) is 0 Å². The maximum Gasteiger partial charge on any atom is 0.159 e. The molecule has 5 rings (SSSR count). The molecular weight excluding hydrogens is 368 g/mol. The zero-order valence-electron chi connectivity index (χ0n) is 19.2. The number of rotatable bonds is 1. The molecule has 0 amide bonds. The molecular formula is C28H38O2. The Hall–Kier alpha value is -1.41. The van der Waals surface area contributed by atoms with Gasteiger partial charge in [-0.25, -0.2) is 0 Å². The lowest BCUT2D eigenvalue weighted by molar-refractivity contribution is -0.169. The highest BCUT2D eigenvalue weighted by atomic mass is 16.3. The number of fused-ring (bicyclic) bond motifs is 5. The highest BCUT2D eigenvalue weighted by molar-refractivity contribution is 6.01. The summed E-state index contributed by atoms with van der Waals surface area (Å²) in [6.07, 6.45) is 10.6. The Labute approximate surface area is 182 Å². The highest BCUT2D eigenvalue weighted by Crippen LogP contribution is 2.71. The fraction of sp³-hybridized carbons (Fsp3) is 0.679. The van der Waals surface area contributed by atoms with Crippen molar-refractivity contribution < 1.29 is 9.90 Å². The van der Waals surface area contributed by atoms with Gasteiger partial charge >= 0.3 is 0 Å². The van der Waals surface area contributed by atoms with E-state index < -0.39 is 5.60 Å². The number of allylic oxidation sites excluding steroid dienone is 1. The molecule has 0 spiro atoms. The fourth-order valence-corrected chi connectivity index (χ4v) is 8.42. The van der Waals surface area contributed by atoms with Crippen molar-refractivity contribution in [2.24, 2.45) is 34.0 Å². The summed E-state index contributed by atoms with van der Waals surface area (Å²) < 4.78 is 0. The molecule has 5 unspecified atom stereocenters. The van der Waals surface area contributed by atoms with Gasteiger partial charge in [0.25, 0.3) is 0 Å². The topological polar surface area (TPSA) is 37.3 Å². The molecule has 2 heteroatoms. The molecule has 2 nitrogen and oxygen atoms in total. The van der Waals surface area contributed by atoms with Gasteiger partial charge in [0.2, 0.25) is 0 Å². The van der Waals surface area contributed by atoms with Crippen LogP contribution in [0.25, 0.3) is 6.08 Å². The minimum absolute atomic E-state index is 0.0610. The van der Waals surface area contributed by atoms with E-state index >= 15 is 0 Å². The Balaban J connectivity index is 1.50. The fourth-order valence-electron chi connectivity index (χ4n) is 8.42. The summed E-state index contributed by atoms with van der Waals surface area (Å²) >= 11 is 0. The first-order valence-corrected chi connectivity index (χ1v) is 12.1. The first kappa shape index (κ1) is 20.5. The largest absolute Gasteiger partial charge is 0.390 e. The lowest BCUT2D eigenvalue weighted by Crippen LogP contribution is -2.59. The Morgan fingerprint density at radius 2 is 1.53 bits per heavy atom. The molecule has 30 heavy (non-hydrogen) atoms. The molecule has 4 aliphatic rings. The number of carbonyl (C=O) groups excluding carboxylic acids is 1. The van der Waals surface area contributed by atoms with Crippen LogP contribution in [-0.4, -0.2) is 16.5 Å². The van der Waals surface area contributed by atoms with Crippen LogP contribution in [0.4, 0.5) is 0 Å². The molecule has 162 valence electrons. The minimum Gasteiger partial charge on any atom is -0.390 e. The van der Waals surface area contributed by atoms with Gasteiger partial charge < -0.3 is 5.11 Å². The predicted molar refractivity (Wildman–Crippen MR) is 122 cm³/mol. The number of benzene rings is 1. The van der Waals surface area contributed by atoms with Crippen LogP contribution in [-0.2, 0) is 4.79 Å². The summed E-state index contributed by atoms with van der Waals surface area (Å²) in [5, 5.41) is 11.2. The summed E-state index contributed by atoms with van der Waals surface area (Å²) in [5.74, 6) is 2.35.